The van der Waals surface area contributed by atoms with Gasteiger partial charge < -0.3 is 19.8 Å². The Kier molecular flexibility index (Phi) is 5.79. The Morgan fingerprint density at radius 1 is 1.00 bits per heavy atom. The molecule has 0 spiro atoms. The molecular formula is C30H34N2O3. The average Bonchev–Trinajstić information content (AvgIpc) is 3.55. The van der Waals surface area contributed by atoms with Crippen molar-refractivity contribution >= 4 is 22.5 Å². The molecule has 5 heteroatoms. The lowest BCUT2D eigenvalue weighted by Crippen LogP contribution is -2.27. The summed E-state index contributed by atoms with van der Waals surface area (Å²) < 4.78 is 11.6. The van der Waals surface area contributed by atoms with Crippen LogP contribution in [0.4, 0.5) is 5.69 Å². The lowest BCUT2D eigenvalue weighted by molar-refractivity contribution is -0.118. The molecule has 0 bridgehead atoms. The first-order valence-corrected chi connectivity index (χ1v) is 12.1. The highest BCUT2D eigenvalue weighted by molar-refractivity contribution is 6.02. The number of hydrogen-bond donors (Lipinski definition) is 2. The van der Waals surface area contributed by atoms with Gasteiger partial charge in [-0.1, -0.05) is 57.2 Å². The number of hydrogen-bond acceptors (Lipinski definition) is 3. The topological polar surface area (TPSA) is 63.3 Å². The summed E-state index contributed by atoms with van der Waals surface area (Å²) in [6.45, 7) is 6.99. The van der Waals surface area contributed by atoms with Gasteiger partial charge in [0.05, 0.1) is 12.5 Å². The SMILES string of the molecule is COc1ccc(C2(C(=O)Nc3ccc4[nH]c(C(C)(C)C)cc4c3)CC2)cc1OCc1ccccc1.[HH]. The van der Waals surface area contributed by atoms with Gasteiger partial charge in [0.2, 0.25) is 5.91 Å². The van der Waals surface area contributed by atoms with E-state index in [0.29, 0.717) is 18.1 Å². The molecule has 182 valence electrons. The van der Waals surface area contributed by atoms with Gasteiger partial charge in [-0.25, -0.2) is 0 Å². The molecular weight excluding hydrogens is 436 g/mol. The van der Waals surface area contributed by atoms with Gasteiger partial charge in [0, 0.05) is 29.1 Å². The molecule has 0 radical (unpaired) electrons. The van der Waals surface area contributed by atoms with Gasteiger partial charge >= 0.3 is 0 Å². The zero-order valence-electron chi connectivity index (χ0n) is 20.8. The van der Waals surface area contributed by atoms with Gasteiger partial charge in [-0.05, 0) is 60.4 Å². The Morgan fingerprint density at radius 2 is 1.77 bits per heavy atom. The van der Waals surface area contributed by atoms with E-state index in [1.54, 1.807) is 7.11 Å². The number of aromatic nitrogens is 1. The minimum absolute atomic E-state index is 0. The summed E-state index contributed by atoms with van der Waals surface area (Å²) in [6, 6.07) is 24.0. The summed E-state index contributed by atoms with van der Waals surface area (Å²) in [5.74, 6) is 1.33. The van der Waals surface area contributed by atoms with Crippen molar-refractivity contribution < 1.29 is 15.7 Å². The summed E-state index contributed by atoms with van der Waals surface area (Å²) in [7, 11) is 1.63. The van der Waals surface area contributed by atoms with Crippen LogP contribution in [0, 0.1) is 0 Å². The van der Waals surface area contributed by atoms with Crippen LogP contribution >= 0.6 is 0 Å². The number of fused-ring (bicyclic) bond motifs is 1. The number of methoxy groups -OCH3 is 1. The first kappa shape index (κ1) is 23.0. The largest absolute Gasteiger partial charge is 0.493 e. The number of H-pyrrole nitrogens is 1. The fourth-order valence-electron chi connectivity index (χ4n) is 4.46. The third-order valence-electron chi connectivity index (χ3n) is 6.82. The van der Waals surface area contributed by atoms with Crippen LogP contribution < -0.4 is 14.8 Å². The molecule has 1 saturated carbocycles. The summed E-state index contributed by atoms with van der Waals surface area (Å²) in [6.07, 6.45) is 1.62. The van der Waals surface area contributed by atoms with Crippen molar-refractivity contribution in [3.05, 3.63) is 89.6 Å². The molecule has 1 heterocycles. The Hall–Kier alpha value is -3.73. The number of benzene rings is 3. The van der Waals surface area contributed by atoms with Crippen LogP contribution in [-0.4, -0.2) is 18.0 Å². The second-order valence-electron chi connectivity index (χ2n) is 10.4. The highest BCUT2D eigenvalue weighted by Crippen LogP contribution is 2.50. The number of ether oxygens (including phenoxy) is 2. The van der Waals surface area contributed by atoms with Gasteiger partial charge in [-0.15, -0.1) is 0 Å². The molecule has 1 amide bonds. The molecule has 1 fully saturated rings. The third-order valence-corrected chi connectivity index (χ3v) is 6.82. The lowest BCUT2D eigenvalue weighted by Gasteiger charge is -2.18. The first-order chi connectivity index (χ1) is 16.8. The number of aromatic amines is 1. The van der Waals surface area contributed by atoms with E-state index in [2.05, 4.69) is 37.1 Å². The van der Waals surface area contributed by atoms with Crippen LogP contribution in [0.15, 0.2) is 72.8 Å². The number of anilines is 1. The molecule has 2 N–H and O–H groups in total. The van der Waals surface area contributed by atoms with Crippen molar-refractivity contribution in [1.29, 1.82) is 0 Å². The highest BCUT2D eigenvalue weighted by Gasteiger charge is 2.51. The molecule has 1 aliphatic rings. The van der Waals surface area contributed by atoms with E-state index in [0.717, 1.165) is 40.6 Å². The van der Waals surface area contributed by atoms with Crippen molar-refractivity contribution in [2.24, 2.45) is 0 Å². The maximum absolute atomic E-state index is 13.5. The second kappa shape index (κ2) is 8.81. The summed E-state index contributed by atoms with van der Waals surface area (Å²) in [4.78, 5) is 16.9. The van der Waals surface area contributed by atoms with E-state index in [1.807, 2.05) is 66.7 Å². The van der Waals surface area contributed by atoms with E-state index in [9.17, 15) is 4.79 Å². The van der Waals surface area contributed by atoms with E-state index in [1.165, 1.54) is 5.69 Å². The molecule has 5 rings (SSSR count). The van der Waals surface area contributed by atoms with Crippen molar-refractivity contribution in [3.8, 4) is 11.5 Å². The average molecular weight is 471 g/mol. The molecule has 3 aromatic carbocycles. The van der Waals surface area contributed by atoms with Gasteiger partial charge in [0.15, 0.2) is 11.5 Å². The predicted molar refractivity (Wildman–Crippen MR) is 142 cm³/mol. The first-order valence-electron chi connectivity index (χ1n) is 12.1. The molecule has 0 unspecified atom stereocenters. The highest BCUT2D eigenvalue weighted by atomic mass is 16.5. The molecule has 0 saturated heterocycles. The Morgan fingerprint density at radius 3 is 2.46 bits per heavy atom. The molecule has 0 aliphatic heterocycles. The second-order valence-corrected chi connectivity index (χ2v) is 10.4. The summed E-state index contributed by atoms with van der Waals surface area (Å²) in [5, 5.41) is 4.26. The summed E-state index contributed by atoms with van der Waals surface area (Å²) >= 11 is 0. The number of carbonyl (C=O) groups is 1. The fourth-order valence-corrected chi connectivity index (χ4v) is 4.46. The van der Waals surface area contributed by atoms with Crippen LogP contribution in [-0.2, 0) is 22.2 Å². The number of rotatable bonds is 7. The summed E-state index contributed by atoms with van der Waals surface area (Å²) in [5.41, 5.74) is 4.59. The van der Waals surface area contributed by atoms with Gasteiger partial charge in [0.25, 0.3) is 0 Å². The van der Waals surface area contributed by atoms with E-state index in [-0.39, 0.29) is 12.7 Å². The molecule has 4 aromatic rings. The normalized spacial score (nSPS) is 14.5. The Labute approximate surface area is 208 Å². The van der Waals surface area contributed by atoms with Crippen molar-refractivity contribution in [2.75, 3.05) is 12.4 Å². The zero-order chi connectivity index (χ0) is 24.6. The van der Waals surface area contributed by atoms with Crippen LogP contribution in [0.1, 0.15) is 51.9 Å². The lowest BCUT2D eigenvalue weighted by atomic mass is 9.92. The van der Waals surface area contributed by atoms with Crippen LogP contribution in [0.5, 0.6) is 11.5 Å². The van der Waals surface area contributed by atoms with Crippen molar-refractivity contribution in [3.63, 3.8) is 0 Å². The molecule has 1 aliphatic carbocycles. The van der Waals surface area contributed by atoms with E-state index in [4.69, 9.17) is 9.47 Å². The smallest absolute Gasteiger partial charge is 0.235 e. The molecule has 35 heavy (non-hydrogen) atoms. The van der Waals surface area contributed by atoms with Crippen molar-refractivity contribution in [1.82, 2.24) is 4.98 Å². The molecule has 5 nitrogen and oxygen atoms in total. The monoisotopic (exact) mass is 470 g/mol. The maximum Gasteiger partial charge on any atom is 0.235 e. The zero-order valence-corrected chi connectivity index (χ0v) is 20.8. The number of nitrogens with one attached hydrogen (secondary N) is 2. The minimum atomic E-state index is -0.541. The Balaban J connectivity index is 0.00000304. The van der Waals surface area contributed by atoms with Crippen LogP contribution in [0.3, 0.4) is 0 Å². The van der Waals surface area contributed by atoms with E-state index < -0.39 is 5.41 Å². The number of amides is 1. The molecule has 0 atom stereocenters. The quantitative estimate of drug-likeness (QED) is 0.307. The third kappa shape index (κ3) is 4.63. The number of carbonyl (C=O) groups excluding carboxylic acids is 1. The van der Waals surface area contributed by atoms with Gasteiger partial charge in [-0.3, -0.25) is 4.79 Å². The maximum atomic E-state index is 13.5. The van der Waals surface area contributed by atoms with Crippen LogP contribution in [0.25, 0.3) is 10.9 Å². The Bertz CT molecular complexity index is 1370. The van der Waals surface area contributed by atoms with Gasteiger partial charge in [-0.2, -0.15) is 0 Å². The van der Waals surface area contributed by atoms with Gasteiger partial charge in [0.1, 0.15) is 6.61 Å². The molecule has 1 aromatic heterocycles. The minimum Gasteiger partial charge on any atom is -0.493 e. The fraction of sp³-hybridized carbons (Fsp3) is 0.300. The van der Waals surface area contributed by atoms with Crippen molar-refractivity contribution in [2.45, 2.75) is 51.0 Å². The predicted octanol–water partition coefficient (Wildman–Crippen LogP) is 6.97. The van der Waals surface area contributed by atoms with Crippen LogP contribution in [0.2, 0.25) is 0 Å². The standard InChI is InChI=1S/C30H32N2O3.H2/c1-29(2,3)27-17-21-16-23(11-12-24(21)32-27)31-28(33)30(14-15-30)22-10-13-25(34-4)26(18-22)35-19-20-8-6-5-7-9-20;/h5-13,16-18,32H,14-15,19H2,1-4H3,(H,31,33);1H. The van der Waals surface area contributed by atoms with E-state index >= 15 is 0 Å².